The molecule has 1 atom stereocenters. The smallest absolute Gasteiger partial charge is 0.341 e. The van der Waals surface area contributed by atoms with Crippen LogP contribution in [0.2, 0.25) is 0 Å². The molecule has 4 nitrogen and oxygen atoms in total. The van der Waals surface area contributed by atoms with Gasteiger partial charge in [0.1, 0.15) is 5.00 Å². The molecule has 0 radical (unpaired) electrons. The molecule has 1 aromatic heterocycles. The maximum Gasteiger partial charge on any atom is 0.341 e. The number of halogens is 1. The zero-order valence-electron chi connectivity index (χ0n) is 15.4. The minimum Gasteiger partial charge on any atom is -0.465 e. The van der Waals surface area contributed by atoms with E-state index < -0.39 is 0 Å². The quantitative estimate of drug-likeness (QED) is 0.488. The van der Waals surface area contributed by atoms with E-state index in [-0.39, 0.29) is 11.9 Å². The normalized spacial score (nSPS) is 16.2. The zero-order chi connectivity index (χ0) is 19.4. The Morgan fingerprint density at radius 3 is 2.74 bits per heavy atom. The number of fused-ring (bicyclic) bond motifs is 1. The molecule has 0 saturated carbocycles. The number of anilines is 1. The van der Waals surface area contributed by atoms with Crippen molar-refractivity contribution >= 4 is 50.2 Å². The number of thiophene rings is 1. The first-order chi connectivity index (χ1) is 13.0. The van der Waals surface area contributed by atoms with Crippen molar-refractivity contribution in [3.63, 3.8) is 0 Å². The van der Waals surface area contributed by atoms with Crippen LogP contribution < -0.4 is 5.32 Å². The third kappa shape index (κ3) is 4.68. The molecule has 6 heteroatoms. The van der Waals surface area contributed by atoms with E-state index in [1.165, 1.54) is 29.4 Å². The van der Waals surface area contributed by atoms with Crippen molar-refractivity contribution < 1.29 is 14.3 Å². The van der Waals surface area contributed by atoms with Crippen LogP contribution in [-0.4, -0.2) is 19.0 Å². The Hall–Kier alpha value is -1.92. The predicted octanol–water partition coefficient (Wildman–Crippen LogP) is 5.46. The molecule has 0 fully saturated rings. The third-order valence-electron chi connectivity index (χ3n) is 4.87. The summed E-state index contributed by atoms with van der Waals surface area (Å²) >= 11 is 4.89. The first-order valence-electron chi connectivity index (χ1n) is 8.99. The Bertz CT molecular complexity index is 870. The lowest BCUT2D eigenvalue weighted by molar-refractivity contribution is -0.111. The van der Waals surface area contributed by atoms with Crippen LogP contribution in [0.15, 0.2) is 34.8 Å². The molecule has 1 aromatic carbocycles. The fourth-order valence-corrected chi connectivity index (χ4v) is 4.93. The van der Waals surface area contributed by atoms with Crippen LogP contribution in [0.5, 0.6) is 0 Å². The number of methoxy groups -OCH3 is 1. The standard InChI is InChI=1S/C21H22BrNO3S/c1-3-13-6-10-16-17(12-13)27-20(19(16)21(25)26-2)23-18(24)11-7-14-4-8-15(22)9-5-14/h4-5,7-9,11,13H,3,6,10,12H2,1-2H3,(H,23,24)/b11-7+. The fraction of sp³-hybridized carbons (Fsp3) is 0.333. The maximum atomic E-state index is 12.4. The van der Waals surface area contributed by atoms with Crippen LogP contribution >= 0.6 is 27.3 Å². The number of hydrogen-bond acceptors (Lipinski definition) is 4. The van der Waals surface area contributed by atoms with E-state index >= 15 is 0 Å². The highest BCUT2D eigenvalue weighted by atomic mass is 79.9. The van der Waals surface area contributed by atoms with E-state index in [0.717, 1.165) is 41.3 Å². The molecule has 1 heterocycles. The number of benzene rings is 1. The van der Waals surface area contributed by atoms with Crippen molar-refractivity contribution in [1.82, 2.24) is 0 Å². The highest BCUT2D eigenvalue weighted by Crippen LogP contribution is 2.40. The molecule has 1 amide bonds. The zero-order valence-corrected chi connectivity index (χ0v) is 17.8. The molecule has 1 unspecified atom stereocenters. The highest BCUT2D eigenvalue weighted by Gasteiger charge is 2.29. The number of nitrogens with one attached hydrogen (secondary N) is 1. The summed E-state index contributed by atoms with van der Waals surface area (Å²) in [5, 5.41) is 3.47. The van der Waals surface area contributed by atoms with Gasteiger partial charge in [-0.05, 0) is 54.5 Å². The van der Waals surface area contributed by atoms with Gasteiger partial charge in [-0.15, -0.1) is 11.3 Å². The molecule has 0 aliphatic heterocycles. The summed E-state index contributed by atoms with van der Waals surface area (Å²) in [5.41, 5.74) is 2.50. The largest absolute Gasteiger partial charge is 0.465 e. The maximum absolute atomic E-state index is 12.4. The number of amides is 1. The molecule has 0 saturated heterocycles. The second kappa shape index (κ2) is 8.85. The van der Waals surface area contributed by atoms with E-state index in [2.05, 4.69) is 28.2 Å². The second-order valence-electron chi connectivity index (χ2n) is 6.59. The Morgan fingerprint density at radius 1 is 1.33 bits per heavy atom. The summed E-state index contributed by atoms with van der Waals surface area (Å²) in [5.74, 6) is 0.00541. The van der Waals surface area contributed by atoms with Crippen LogP contribution in [0.25, 0.3) is 6.08 Å². The van der Waals surface area contributed by atoms with Gasteiger partial charge >= 0.3 is 5.97 Å². The Morgan fingerprint density at radius 2 is 2.07 bits per heavy atom. The van der Waals surface area contributed by atoms with Crippen molar-refractivity contribution in [3.8, 4) is 0 Å². The average Bonchev–Trinajstić information content (AvgIpc) is 3.03. The van der Waals surface area contributed by atoms with Gasteiger partial charge in [0.2, 0.25) is 5.91 Å². The van der Waals surface area contributed by atoms with Crippen LogP contribution in [0.1, 0.15) is 46.1 Å². The van der Waals surface area contributed by atoms with Gasteiger partial charge < -0.3 is 10.1 Å². The van der Waals surface area contributed by atoms with E-state index in [9.17, 15) is 9.59 Å². The fourth-order valence-electron chi connectivity index (χ4n) is 3.31. The molecule has 1 aliphatic carbocycles. The lowest BCUT2D eigenvalue weighted by Crippen LogP contribution is -2.15. The lowest BCUT2D eigenvalue weighted by Gasteiger charge is -2.20. The van der Waals surface area contributed by atoms with Gasteiger partial charge in [0.15, 0.2) is 0 Å². The number of hydrogen-bond donors (Lipinski definition) is 1. The van der Waals surface area contributed by atoms with Gasteiger partial charge in [0, 0.05) is 15.4 Å². The number of carbonyl (C=O) groups is 2. The van der Waals surface area contributed by atoms with Crippen LogP contribution in [0.4, 0.5) is 5.00 Å². The average molecular weight is 448 g/mol. The highest BCUT2D eigenvalue weighted by molar-refractivity contribution is 9.10. The van der Waals surface area contributed by atoms with Gasteiger partial charge in [-0.2, -0.15) is 0 Å². The van der Waals surface area contributed by atoms with Crippen molar-refractivity contribution in [2.75, 3.05) is 12.4 Å². The van der Waals surface area contributed by atoms with Crippen molar-refractivity contribution in [2.24, 2.45) is 5.92 Å². The summed E-state index contributed by atoms with van der Waals surface area (Å²) in [6.45, 7) is 2.19. The minimum atomic E-state index is -0.380. The van der Waals surface area contributed by atoms with Crippen LogP contribution in [0.3, 0.4) is 0 Å². The second-order valence-corrected chi connectivity index (χ2v) is 8.61. The van der Waals surface area contributed by atoms with Crippen molar-refractivity contribution in [3.05, 3.63) is 56.4 Å². The summed E-state index contributed by atoms with van der Waals surface area (Å²) in [4.78, 5) is 25.9. The molecule has 27 heavy (non-hydrogen) atoms. The topological polar surface area (TPSA) is 55.4 Å². The van der Waals surface area contributed by atoms with E-state index in [0.29, 0.717) is 16.5 Å². The molecule has 1 N–H and O–H groups in total. The Kier molecular flexibility index (Phi) is 6.50. The summed E-state index contributed by atoms with van der Waals surface area (Å²) < 4.78 is 5.96. The molecular formula is C21H22BrNO3S. The SMILES string of the molecule is CCC1CCc2c(sc(NC(=O)/C=C/c3ccc(Br)cc3)c2C(=O)OC)C1. The third-order valence-corrected chi connectivity index (χ3v) is 6.57. The van der Waals surface area contributed by atoms with Crippen molar-refractivity contribution in [2.45, 2.75) is 32.6 Å². The summed E-state index contributed by atoms with van der Waals surface area (Å²) in [6, 6.07) is 7.68. The number of carbonyl (C=O) groups excluding carboxylic acids is 2. The van der Waals surface area contributed by atoms with Gasteiger partial charge in [-0.25, -0.2) is 4.79 Å². The van der Waals surface area contributed by atoms with E-state index in [4.69, 9.17) is 4.74 Å². The molecule has 1 aliphatic rings. The lowest BCUT2D eigenvalue weighted by atomic mass is 9.86. The minimum absolute atomic E-state index is 0.256. The first-order valence-corrected chi connectivity index (χ1v) is 10.6. The first kappa shape index (κ1) is 19.8. The predicted molar refractivity (Wildman–Crippen MR) is 113 cm³/mol. The molecule has 0 spiro atoms. The Balaban J connectivity index is 1.81. The van der Waals surface area contributed by atoms with Crippen LogP contribution in [-0.2, 0) is 22.4 Å². The molecule has 2 aromatic rings. The molecular weight excluding hydrogens is 426 g/mol. The molecule has 3 rings (SSSR count). The summed E-state index contributed by atoms with van der Waals surface area (Å²) in [6.07, 6.45) is 7.26. The van der Waals surface area contributed by atoms with Gasteiger partial charge in [-0.1, -0.05) is 41.4 Å². The van der Waals surface area contributed by atoms with Crippen LogP contribution in [0, 0.1) is 5.92 Å². The number of esters is 1. The van der Waals surface area contributed by atoms with Gasteiger partial charge in [0.05, 0.1) is 12.7 Å². The summed E-state index contributed by atoms with van der Waals surface area (Å²) in [7, 11) is 1.38. The van der Waals surface area contributed by atoms with Gasteiger partial charge in [0.25, 0.3) is 0 Å². The molecule has 142 valence electrons. The number of ether oxygens (including phenoxy) is 1. The van der Waals surface area contributed by atoms with Crippen molar-refractivity contribution in [1.29, 1.82) is 0 Å². The van der Waals surface area contributed by atoms with Gasteiger partial charge in [-0.3, -0.25) is 4.79 Å². The number of rotatable bonds is 5. The monoisotopic (exact) mass is 447 g/mol. The van der Waals surface area contributed by atoms with E-state index in [1.54, 1.807) is 6.08 Å². The Labute approximate surface area is 171 Å². The van der Waals surface area contributed by atoms with E-state index in [1.807, 2.05) is 24.3 Å². The molecule has 0 bridgehead atoms.